The van der Waals surface area contributed by atoms with Crippen molar-refractivity contribution < 1.29 is 9.90 Å². The van der Waals surface area contributed by atoms with Gasteiger partial charge in [0.25, 0.3) is 0 Å². The molecule has 0 aliphatic heterocycles. The molecule has 1 unspecified atom stereocenters. The summed E-state index contributed by atoms with van der Waals surface area (Å²) in [5, 5.41) is 12.0. The number of aryl methyl sites for hydroxylation is 1. The Morgan fingerprint density at radius 3 is 2.95 bits per heavy atom. The molecule has 1 heterocycles. The summed E-state index contributed by atoms with van der Waals surface area (Å²) < 4.78 is 2.10. The SMILES string of the molecule is Cc1nc2ccccc2n1CCNC(=O)CCC(C)O. The number of aromatic nitrogens is 2. The Labute approximate surface area is 118 Å². The lowest BCUT2D eigenvalue weighted by Gasteiger charge is -2.09. The van der Waals surface area contributed by atoms with Gasteiger partial charge >= 0.3 is 0 Å². The molecule has 0 aliphatic rings. The van der Waals surface area contributed by atoms with Crippen LogP contribution in [0.3, 0.4) is 0 Å². The number of hydrogen-bond acceptors (Lipinski definition) is 3. The molecule has 1 amide bonds. The van der Waals surface area contributed by atoms with Gasteiger partial charge in [-0.2, -0.15) is 0 Å². The number of amides is 1. The Kier molecular flexibility index (Phi) is 4.74. The number of carbonyl (C=O) groups is 1. The number of aliphatic hydroxyl groups excluding tert-OH is 1. The maximum Gasteiger partial charge on any atom is 0.220 e. The van der Waals surface area contributed by atoms with Crippen LogP contribution in [0.25, 0.3) is 11.0 Å². The standard InChI is InChI=1S/C15H21N3O2/c1-11(19)7-8-15(20)16-9-10-18-12(2)17-13-5-3-4-6-14(13)18/h3-6,11,19H,7-10H2,1-2H3,(H,16,20). The summed E-state index contributed by atoms with van der Waals surface area (Å²) in [4.78, 5) is 16.1. The van der Waals surface area contributed by atoms with Crippen molar-refractivity contribution in [2.75, 3.05) is 6.54 Å². The number of rotatable bonds is 6. The summed E-state index contributed by atoms with van der Waals surface area (Å²) in [6.07, 6.45) is 0.431. The lowest BCUT2D eigenvalue weighted by molar-refractivity contribution is -0.121. The van der Waals surface area contributed by atoms with Crippen LogP contribution in [-0.2, 0) is 11.3 Å². The van der Waals surface area contributed by atoms with Crippen molar-refractivity contribution in [3.8, 4) is 0 Å². The molecule has 20 heavy (non-hydrogen) atoms. The van der Waals surface area contributed by atoms with Crippen molar-refractivity contribution in [1.82, 2.24) is 14.9 Å². The minimum absolute atomic E-state index is 0.0204. The largest absolute Gasteiger partial charge is 0.393 e. The van der Waals surface area contributed by atoms with Crippen LogP contribution >= 0.6 is 0 Å². The molecule has 5 nitrogen and oxygen atoms in total. The monoisotopic (exact) mass is 275 g/mol. The van der Waals surface area contributed by atoms with Crippen LogP contribution in [0.1, 0.15) is 25.6 Å². The van der Waals surface area contributed by atoms with E-state index in [1.807, 2.05) is 31.2 Å². The lowest BCUT2D eigenvalue weighted by atomic mass is 10.2. The van der Waals surface area contributed by atoms with Crippen LogP contribution < -0.4 is 5.32 Å². The maximum absolute atomic E-state index is 11.6. The molecule has 0 spiro atoms. The molecule has 1 aromatic carbocycles. The van der Waals surface area contributed by atoms with E-state index >= 15 is 0 Å². The number of hydrogen-bond donors (Lipinski definition) is 2. The van der Waals surface area contributed by atoms with Crippen molar-refractivity contribution in [3.63, 3.8) is 0 Å². The fourth-order valence-corrected chi connectivity index (χ4v) is 2.21. The molecule has 2 N–H and O–H groups in total. The molecule has 1 atom stereocenters. The van der Waals surface area contributed by atoms with Gasteiger partial charge in [-0.1, -0.05) is 12.1 Å². The van der Waals surface area contributed by atoms with Gasteiger partial charge in [-0.05, 0) is 32.4 Å². The highest BCUT2D eigenvalue weighted by Gasteiger charge is 2.07. The van der Waals surface area contributed by atoms with Gasteiger partial charge in [0.15, 0.2) is 0 Å². The molecule has 0 saturated carbocycles. The topological polar surface area (TPSA) is 67.2 Å². The first-order valence-electron chi connectivity index (χ1n) is 6.94. The molecule has 0 bridgehead atoms. The normalized spacial score (nSPS) is 12.6. The second-order valence-corrected chi connectivity index (χ2v) is 5.04. The average molecular weight is 275 g/mol. The Hall–Kier alpha value is -1.88. The van der Waals surface area contributed by atoms with Crippen molar-refractivity contribution in [1.29, 1.82) is 0 Å². The number of carbonyl (C=O) groups excluding carboxylic acids is 1. The predicted molar refractivity (Wildman–Crippen MR) is 78.4 cm³/mol. The number of aliphatic hydroxyl groups is 1. The van der Waals surface area contributed by atoms with Crippen molar-refractivity contribution >= 4 is 16.9 Å². The Morgan fingerprint density at radius 1 is 1.45 bits per heavy atom. The van der Waals surface area contributed by atoms with E-state index in [2.05, 4.69) is 14.9 Å². The van der Waals surface area contributed by atoms with E-state index in [0.717, 1.165) is 16.9 Å². The minimum Gasteiger partial charge on any atom is -0.393 e. The lowest BCUT2D eigenvalue weighted by Crippen LogP contribution is -2.27. The van der Waals surface area contributed by atoms with Gasteiger partial charge in [-0.15, -0.1) is 0 Å². The summed E-state index contributed by atoms with van der Waals surface area (Å²) >= 11 is 0. The Morgan fingerprint density at radius 2 is 2.20 bits per heavy atom. The summed E-state index contributed by atoms with van der Waals surface area (Å²) in [5.74, 6) is 0.928. The molecular weight excluding hydrogens is 254 g/mol. The van der Waals surface area contributed by atoms with Gasteiger partial charge in [0.1, 0.15) is 5.82 Å². The zero-order chi connectivity index (χ0) is 14.5. The van der Waals surface area contributed by atoms with Gasteiger partial charge in [0, 0.05) is 19.5 Å². The van der Waals surface area contributed by atoms with Crippen molar-refractivity contribution in [3.05, 3.63) is 30.1 Å². The van der Waals surface area contributed by atoms with E-state index in [4.69, 9.17) is 5.11 Å². The molecule has 5 heteroatoms. The fourth-order valence-electron chi connectivity index (χ4n) is 2.21. The van der Waals surface area contributed by atoms with Crippen LogP contribution in [0.4, 0.5) is 0 Å². The number of benzene rings is 1. The number of fused-ring (bicyclic) bond motifs is 1. The van der Waals surface area contributed by atoms with Crippen LogP contribution in [-0.4, -0.2) is 33.2 Å². The highest BCUT2D eigenvalue weighted by Crippen LogP contribution is 2.14. The van der Waals surface area contributed by atoms with Crippen molar-refractivity contribution in [2.45, 2.75) is 39.3 Å². The zero-order valence-electron chi connectivity index (χ0n) is 12.0. The first kappa shape index (κ1) is 14.5. The highest BCUT2D eigenvalue weighted by molar-refractivity contribution is 5.76. The van der Waals surface area contributed by atoms with E-state index in [9.17, 15) is 4.79 Å². The second kappa shape index (κ2) is 6.52. The van der Waals surface area contributed by atoms with E-state index < -0.39 is 6.10 Å². The first-order valence-corrected chi connectivity index (χ1v) is 6.94. The second-order valence-electron chi connectivity index (χ2n) is 5.04. The maximum atomic E-state index is 11.6. The molecule has 0 fully saturated rings. The molecule has 0 aliphatic carbocycles. The first-order chi connectivity index (χ1) is 9.58. The summed E-state index contributed by atoms with van der Waals surface area (Å²) in [5.41, 5.74) is 2.06. The Balaban J connectivity index is 1.90. The fraction of sp³-hybridized carbons (Fsp3) is 0.467. The summed E-state index contributed by atoms with van der Waals surface area (Å²) in [7, 11) is 0. The molecule has 108 valence electrons. The molecule has 2 aromatic rings. The van der Waals surface area contributed by atoms with E-state index in [1.165, 1.54) is 0 Å². The molecular formula is C15H21N3O2. The zero-order valence-corrected chi connectivity index (χ0v) is 12.0. The minimum atomic E-state index is -0.430. The number of para-hydroxylation sites is 2. The number of nitrogens with one attached hydrogen (secondary N) is 1. The van der Waals surface area contributed by atoms with E-state index in [1.54, 1.807) is 6.92 Å². The average Bonchev–Trinajstić information content (AvgIpc) is 2.73. The summed E-state index contributed by atoms with van der Waals surface area (Å²) in [6, 6.07) is 7.97. The predicted octanol–water partition coefficient (Wildman–Crippen LogP) is 1.62. The van der Waals surface area contributed by atoms with Gasteiger partial charge in [0.05, 0.1) is 17.1 Å². The number of imidazole rings is 1. The smallest absolute Gasteiger partial charge is 0.220 e. The molecule has 0 radical (unpaired) electrons. The van der Waals surface area contributed by atoms with Gasteiger partial charge in [-0.3, -0.25) is 4.79 Å². The molecule has 0 saturated heterocycles. The third-order valence-electron chi connectivity index (χ3n) is 3.29. The van der Waals surface area contributed by atoms with Crippen LogP contribution in [0.5, 0.6) is 0 Å². The molecule has 2 rings (SSSR count). The van der Waals surface area contributed by atoms with E-state index in [0.29, 0.717) is 25.9 Å². The third-order valence-corrected chi connectivity index (χ3v) is 3.29. The number of nitrogens with zero attached hydrogens (tertiary/aromatic N) is 2. The molecule has 1 aromatic heterocycles. The van der Waals surface area contributed by atoms with Gasteiger partial charge in [-0.25, -0.2) is 4.98 Å². The highest BCUT2D eigenvalue weighted by atomic mass is 16.3. The van der Waals surface area contributed by atoms with Crippen LogP contribution in [0.15, 0.2) is 24.3 Å². The van der Waals surface area contributed by atoms with Crippen LogP contribution in [0.2, 0.25) is 0 Å². The summed E-state index contributed by atoms with van der Waals surface area (Å²) in [6.45, 7) is 4.93. The Bertz CT molecular complexity index is 590. The van der Waals surface area contributed by atoms with E-state index in [-0.39, 0.29) is 5.91 Å². The van der Waals surface area contributed by atoms with Gasteiger partial charge < -0.3 is 15.0 Å². The quantitative estimate of drug-likeness (QED) is 0.842. The van der Waals surface area contributed by atoms with Gasteiger partial charge in [0.2, 0.25) is 5.91 Å². The van der Waals surface area contributed by atoms with Crippen LogP contribution in [0, 0.1) is 6.92 Å². The third kappa shape index (κ3) is 3.57. The van der Waals surface area contributed by atoms with Crippen molar-refractivity contribution in [2.24, 2.45) is 0 Å².